The number of rotatable bonds is 5. The molecular weight excluding hydrogens is 378 g/mol. The van der Waals surface area contributed by atoms with Gasteiger partial charge in [-0.05, 0) is 43.5 Å². The Hall–Kier alpha value is -3.48. The number of nitrogens with one attached hydrogen (secondary N) is 1. The summed E-state index contributed by atoms with van der Waals surface area (Å²) in [5, 5.41) is 7.33. The van der Waals surface area contributed by atoms with E-state index in [4.69, 9.17) is 0 Å². The zero-order chi connectivity index (χ0) is 20.9. The number of pyridine rings is 1. The zero-order valence-corrected chi connectivity index (χ0v) is 17.0. The van der Waals surface area contributed by atoms with Gasteiger partial charge in [-0.25, -0.2) is 0 Å². The van der Waals surface area contributed by atoms with E-state index in [1.54, 1.807) is 28.0 Å². The van der Waals surface area contributed by atoms with E-state index in [0.717, 1.165) is 24.0 Å². The normalized spacial score (nSPS) is 16.3. The molecule has 1 unspecified atom stereocenters. The maximum atomic E-state index is 12.8. The summed E-state index contributed by atoms with van der Waals surface area (Å²) in [5.74, 6) is 0.166. The molecule has 1 atom stereocenters. The molecule has 1 aliphatic rings. The average Bonchev–Trinajstić information content (AvgIpc) is 3.21. The molecule has 1 aliphatic heterocycles. The van der Waals surface area contributed by atoms with Crippen LogP contribution in [0.2, 0.25) is 0 Å². The van der Waals surface area contributed by atoms with E-state index >= 15 is 0 Å². The van der Waals surface area contributed by atoms with Gasteiger partial charge in [-0.15, -0.1) is 0 Å². The number of piperidine rings is 1. The zero-order valence-electron chi connectivity index (χ0n) is 17.0. The topological polar surface area (TPSA) is 80.1 Å². The summed E-state index contributed by atoms with van der Waals surface area (Å²) in [6.07, 6.45) is 6.93. The molecule has 0 spiro atoms. The van der Waals surface area contributed by atoms with Crippen LogP contribution in [0, 0.1) is 12.8 Å². The molecule has 7 heteroatoms. The Kier molecular flexibility index (Phi) is 5.88. The van der Waals surface area contributed by atoms with Crippen LogP contribution in [-0.2, 0) is 11.3 Å². The summed E-state index contributed by atoms with van der Waals surface area (Å²) in [6, 6.07) is 13.2. The summed E-state index contributed by atoms with van der Waals surface area (Å²) < 4.78 is 1.76. The lowest BCUT2D eigenvalue weighted by molar-refractivity contribution is -0.121. The fourth-order valence-electron chi connectivity index (χ4n) is 3.68. The number of aryl methyl sites for hydroxylation is 1. The Labute approximate surface area is 175 Å². The van der Waals surface area contributed by atoms with Crippen molar-refractivity contribution in [2.75, 3.05) is 18.4 Å². The SMILES string of the molecule is Cc1ccc(C(=O)N2CCCC(C(=O)Nc3ccn(Cc4cccnc4)n3)C2)cc1. The Morgan fingerprint density at radius 1 is 1.17 bits per heavy atom. The van der Waals surface area contributed by atoms with Gasteiger partial charge in [0.2, 0.25) is 5.91 Å². The fourth-order valence-corrected chi connectivity index (χ4v) is 3.68. The van der Waals surface area contributed by atoms with Crippen LogP contribution in [0.1, 0.15) is 34.3 Å². The van der Waals surface area contributed by atoms with Crippen molar-refractivity contribution in [1.82, 2.24) is 19.7 Å². The smallest absolute Gasteiger partial charge is 0.253 e. The minimum Gasteiger partial charge on any atom is -0.338 e. The van der Waals surface area contributed by atoms with E-state index in [-0.39, 0.29) is 17.7 Å². The Bertz CT molecular complexity index is 1010. The molecule has 7 nitrogen and oxygen atoms in total. The number of likely N-dealkylation sites (tertiary alicyclic amines) is 1. The molecular formula is C23H25N5O2. The molecule has 154 valence electrons. The molecule has 2 aromatic heterocycles. The van der Waals surface area contributed by atoms with E-state index in [1.165, 1.54) is 0 Å². The molecule has 0 radical (unpaired) electrons. The van der Waals surface area contributed by atoms with Gasteiger partial charge in [-0.3, -0.25) is 19.3 Å². The van der Waals surface area contributed by atoms with Gasteiger partial charge in [0, 0.05) is 43.3 Å². The lowest BCUT2D eigenvalue weighted by Crippen LogP contribution is -2.43. The number of carbonyl (C=O) groups excluding carboxylic acids is 2. The van der Waals surface area contributed by atoms with Crippen LogP contribution in [0.3, 0.4) is 0 Å². The number of anilines is 1. The molecule has 4 rings (SSSR count). The summed E-state index contributed by atoms with van der Waals surface area (Å²) in [7, 11) is 0. The molecule has 1 fully saturated rings. The van der Waals surface area contributed by atoms with Crippen LogP contribution in [-0.4, -0.2) is 44.6 Å². The van der Waals surface area contributed by atoms with Crippen LogP contribution in [0.25, 0.3) is 0 Å². The Morgan fingerprint density at radius 3 is 2.77 bits per heavy atom. The van der Waals surface area contributed by atoms with E-state index in [0.29, 0.717) is 31.0 Å². The quantitative estimate of drug-likeness (QED) is 0.710. The third kappa shape index (κ3) is 4.74. The minimum atomic E-state index is -0.239. The van der Waals surface area contributed by atoms with Crippen molar-refractivity contribution < 1.29 is 9.59 Å². The molecule has 1 aromatic carbocycles. The first kappa shape index (κ1) is 19.8. The van der Waals surface area contributed by atoms with Gasteiger partial charge in [0.25, 0.3) is 5.91 Å². The first-order valence-electron chi connectivity index (χ1n) is 10.2. The molecule has 0 aliphatic carbocycles. The van der Waals surface area contributed by atoms with Crippen molar-refractivity contribution in [3.8, 4) is 0 Å². The molecule has 1 N–H and O–H groups in total. The number of hydrogen-bond acceptors (Lipinski definition) is 4. The summed E-state index contributed by atoms with van der Waals surface area (Å²) in [6.45, 7) is 3.69. The molecule has 1 saturated heterocycles. The first-order valence-corrected chi connectivity index (χ1v) is 10.2. The number of amides is 2. The van der Waals surface area contributed by atoms with Crippen LogP contribution < -0.4 is 5.32 Å². The van der Waals surface area contributed by atoms with Crippen LogP contribution in [0.15, 0.2) is 61.1 Å². The number of nitrogens with zero attached hydrogens (tertiary/aromatic N) is 4. The van der Waals surface area contributed by atoms with Crippen molar-refractivity contribution in [1.29, 1.82) is 0 Å². The maximum Gasteiger partial charge on any atom is 0.253 e. The second-order valence-corrected chi connectivity index (χ2v) is 7.71. The van der Waals surface area contributed by atoms with E-state index in [2.05, 4.69) is 15.4 Å². The molecule has 3 aromatic rings. The van der Waals surface area contributed by atoms with E-state index in [9.17, 15) is 9.59 Å². The molecule has 30 heavy (non-hydrogen) atoms. The highest BCUT2D eigenvalue weighted by Gasteiger charge is 2.29. The second kappa shape index (κ2) is 8.90. The van der Waals surface area contributed by atoms with Gasteiger partial charge in [-0.1, -0.05) is 23.8 Å². The number of benzene rings is 1. The highest BCUT2D eigenvalue weighted by Crippen LogP contribution is 2.20. The maximum absolute atomic E-state index is 12.8. The van der Waals surface area contributed by atoms with Crippen LogP contribution in [0.5, 0.6) is 0 Å². The van der Waals surface area contributed by atoms with Gasteiger partial charge in [0.1, 0.15) is 0 Å². The van der Waals surface area contributed by atoms with Gasteiger partial charge in [0.05, 0.1) is 12.5 Å². The van der Waals surface area contributed by atoms with Crippen LogP contribution >= 0.6 is 0 Å². The summed E-state index contributed by atoms with van der Waals surface area (Å²) in [5.41, 5.74) is 2.82. The third-order valence-corrected chi connectivity index (χ3v) is 5.34. The summed E-state index contributed by atoms with van der Waals surface area (Å²) in [4.78, 5) is 31.4. The van der Waals surface area contributed by atoms with Gasteiger partial charge in [-0.2, -0.15) is 5.10 Å². The number of aromatic nitrogens is 3. The molecule has 0 bridgehead atoms. The van der Waals surface area contributed by atoms with Crippen molar-refractivity contribution in [3.05, 3.63) is 77.7 Å². The van der Waals surface area contributed by atoms with E-state index in [1.807, 2.05) is 49.5 Å². The predicted octanol–water partition coefficient (Wildman–Crippen LogP) is 3.13. The monoisotopic (exact) mass is 403 g/mol. The van der Waals surface area contributed by atoms with Crippen molar-refractivity contribution in [3.63, 3.8) is 0 Å². The highest BCUT2D eigenvalue weighted by molar-refractivity contribution is 5.96. The van der Waals surface area contributed by atoms with Crippen molar-refractivity contribution in [2.45, 2.75) is 26.3 Å². The molecule has 3 heterocycles. The Morgan fingerprint density at radius 2 is 2.00 bits per heavy atom. The third-order valence-electron chi connectivity index (χ3n) is 5.34. The lowest BCUT2D eigenvalue weighted by Gasteiger charge is -2.32. The number of carbonyl (C=O) groups is 2. The lowest BCUT2D eigenvalue weighted by atomic mass is 9.96. The predicted molar refractivity (Wildman–Crippen MR) is 114 cm³/mol. The average molecular weight is 403 g/mol. The van der Waals surface area contributed by atoms with Gasteiger partial charge < -0.3 is 10.2 Å². The van der Waals surface area contributed by atoms with Gasteiger partial charge in [0.15, 0.2) is 5.82 Å². The molecule has 0 saturated carbocycles. The fraction of sp³-hybridized carbons (Fsp3) is 0.304. The van der Waals surface area contributed by atoms with Crippen molar-refractivity contribution >= 4 is 17.6 Å². The minimum absolute atomic E-state index is 0.0201. The number of hydrogen-bond donors (Lipinski definition) is 1. The van der Waals surface area contributed by atoms with Crippen molar-refractivity contribution in [2.24, 2.45) is 5.92 Å². The summed E-state index contributed by atoms with van der Waals surface area (Å²) >= 11 is 0. The van der Waals surface area contributed by atoms with Gasteiger partial charge >= 0.3 is 0 Å². The van der Waals surface area contributed by atoms with E-state index < -0.39 is 0 Å². The Balaban J connectivity index is 1.35. The second-order valence-electron chi connectivity index (χ2n) is 7.71. The van der Waals surface area contributed by atoms with Crippen LogP contribution in [0.4, 0.5) is 5.82 Å². The standard InChI is InChI=1S/C23H25N5O2/c1-17-6-8-19(9-7-17)23(30)27-12-3-5-20(16-27)22(29)25-21-10-13-28(26-21)15-18-4-2-11-24-14-18/h2,4,6-11,13-14,20H,3,5,12,15-16H2,1H3,(H,25,26,29). The first-order chi connectivity index (χ1) is 14.6. The highest BCUT2D eigenvalue weighted by atomic mass is 16.2. The molecule has 2 amide bonds. The largest absolute Gasteiger partial charge is 0.338 e.